The van der Waals surface area contributed by atoms with Gasteiger partial charge in [-0.25, -0.2) is 19.6 Å². The molecular formula is C35H42Cl2N4O5. The number of carboxylic acids is 1. The predicted octanol–water partition coefficient (Wildman–Crippen LogP) is 8.74. The zero-order valence-corrected chi connectivity index (χ0v) is 29.4. The number of amides is 1. The maximum absolute atomic E-state index is 13.1. The van der Waals surface area contributed by atoms with Crippen molar-refractivity contribution >= 4 is 46.2 Å². The maximum Gasteiger partial charge on any atom is 0.407 e. The van der Waals surface area contributed by atoms with Crippen LogP contribution in [-0.2, 0) is 11.2 Å². The summed E-state index contributed by atoms with van der Waals surface area (Å²) in [6.45, 7) is 17.2. The quantitative estimate of drug-likeness (QED) is 0.162. The van der Waals surface area contributed by atoms with Crippen LogP contribution in [0.25, 0.3) is 22.0 Å². The molecule has 2 aromatic carbocycles. The van der Waals surface area contributed by atoms with Gasteiger partial charge < -0.3 is 24.5 Å². The van der Waals surface area contributed by atoms with Gasteiger partial charge in [0.15, 0.2) is 0 Å². The number of fused-ring (bicyclic) bond motifs is 1. The molecule has 4 aromatic rings. The number of carboxylic acid groups (broad SMARTS) is 1. The van der Waals surface area contributed by atoms with Gasteiger partial charge in [0.05, 0.1) is 17.1 Å². The Balaban J connectivity index is 1.83. The topological polar surface area (TPSA) is 116 Å². The molecule has 0 radical (unpaired) electrons. The smallest absolute Gasteiger partial charge is 0.407 e. The molecule has 0 bridgehead atoms. The van der Waals surface area contributed by atoms with Gasteiger partial charge in [-0.15, -0.1) is 0 Å². The molecule has 246 valence electrons. The van der Waals surface area contributed by atoms with Gasteiger partial charge >= 0.3 is 12.1 Å². The van der Waals surface area contributed by atoms with Crippen molar-refractivity contribution in [1.29, 1.82) is 0 Å². The molecule has 46 heavy (non-hydrogen) atoms. The Morgan fingerprint density at radius 3 is 2.17 bits per heavy atom. The Labute approximate surface area is 280 Å². The summed E-state index contributed by atoms with van der Waals surface area (Å²) in [5, 5.41) is 15.4. The first-order chi connectivity index (χ1) is 21.5. The molecule has 9 nitrogen and oxygen atoms in total. The largest absolute Gasteiger partial charge is 0.494 e. The highest BCUT2D eigenvalue weighted by Gasteiger charge is 2.30. The minimum Gasteiger partial charge on any atom is -0.494 e. The molecule has 0 aliphatic carbocycles. The monoisotopic (exact) mass is 668 g/mol. The van der Waals surface area contributed by atoms with E-state index in [1.165, 1.54) is 0 Å². The number of aromatic nitrogens is 3. The van der Waals surface area contributed by atoms with Crippen LogP contribution in [0.3, 0.4) is 0 Å². The van der Waals surface area contributed by atoms with Crippen molar-refractivity contribution in [3.05, 3.63) is 73.9 Å². The third-order valence-corrected chi connectivity index (χ3v) is 8.60. The number of hydrogen-bond donors (Lipinski definition) is 2. The van der Waals surface area contributed by atoms with Gasteiger partial charge in [0.2, 0.25) is 0 Å². The van der Waals surface area contributed by atoms with Gasteiger partial charge in [0, 0.05) is 45.5 Å². The summed E-state index contributed by atoms with van der Waals surface area (Å²) in [6, 6.07) is 6.95. The van der Waals surface area contributed by atoms with Crippen LogP contribution >= 0.6 is 23.2 Å². The molecule has 0 saturated heterocycles. The Hall–Kier alpha value is -3.82. The fourth-order valence-corrected chi connectivity index (χ4v) is 6.28. The molecule has 0 aliphatic heterocycles. The van der Waals surface area contributed by atoms with Gasteiger partial charge in [-0.1, -0.05) is 29.3 Å². The van der Waals surface area contributed by atoms with Crippen LogP contribution in [-0.4, -0.2) is 50.5 Å². The average molecular weight is 670 g/mol. The second kappa shape index (κ2) is 13.9. The predicted molar refractivity (Wildman–Crippen MR) is 183 cm³/mol. The molecule has 2 aromatic heterocycles. The summed E-state index contributed by atoms with van der Waals surface area (Å²) in [5.41, 5.74) is 5.44. The summed E-state index contributed by atoms with van der Waals surface area (Å²) in [7, 11) is 0. The van der Waals surface area contributed by atoms with E-state index in [1.807, 2.05) is 59.7 Å². The number of halogens is 2. The van der Waals surface area contributed by atoms with E-state index >= 15 is 0 Å². The minimum atomic E-state index is -1.09. The van der Waals surface area contributed by atoms with Crippen LogP contribution in [0.15, 0.2) is 24.3 Å². The van der Waals surface area contributed by atoms with Crippen molar-refractivity contribution in [3.8, 4) is 16.9 Å². The molecule has 2 N–H and O–H groups in total. The number of nitrogens with zero attached hydrogens (tertiary/aromatic N) is 3. The standard InChI is InChI=1S/C35H42Cl2N4O5/c1-18-15-24(16-19(2)30(18)37)45-14-10-11-25-26-12-13-27(36)29(28-21(4)39-23(6)40-22(28)5)31(26)41(32(25)33(42)43)20(3)17-38-34(44)46-35(7,8)9/h12-13,15-16,20H,10-11,14,17H2,1-9H3,(H,38,44)(H,42,43). The van der Waals surface area contributed by atoms with Crippen LogP contribution in [0.4, 0.5) is 4.79 Å². The molecule has 4 rings (SSSR count). The first-order valence-electron chi connectivity index (χ1n) is 15.3. The Morgan fingerprint density at radius 2 is 1.61 bits per heavy atom. The molecule has 1 amide bonds. The van der Waals surface area contributed by atoms with E-state index in [9.17, 15) is 14.7 Å². The highest BCUT2D eigenvalue weighted by atomic mass is 35.5. The van der Waals surface area contributed by atoms with E-state index in [2.05, 4.69) is 15.3 Å². The van der Waals surface area contributed by atoms with Gasteiger partial charge in [-0.05, 0) is 110 Å². The average Bonchev–Trinajstić information content (AvgIpc) is 3.27. The number of benzene rings is 2. The Morgan fingerprint density at radius 1 is 1.00 bits per heavy atom. The number of nitrogens with one attached hydrogen (secondary N) is 1. The number of carbonyl (C=O) groups is 2. The van der Waals surface area contributed by atoms with Crippen molar-refractivity contribution in [2.24, 2.45) is 0 Å². The molecule has 1 unspecified atom stereocenters. The summed E-state index contributed by atoms with van der Waals surface area (Å²) in [4.78, 5) is 34.9. The summed E-state index contributed by atoms with van der Waals surface area (Å²) >= 11 is 13.3. The third kappa shape index (κ3) is 7.58. The molecule has 0 spiro atoms. The van der Waals surface area contributed by atoms with E-state index in [-0.39, 0.29) is 12.2 Å². The molecular weight excluding hydrogens is 627 g/mol. The van der Waals surface area contributed by atoms with E-state index < -0.39 is 23.7 Å². The lowest BCUT2D eigenvalue weighted by Gasteiger charge is -2.23. The number of hydrogen-bond acceptors (Lipinski definition) is 6. The van der Waals surface area contributed by atoms with Crippen molar-refractivity contribution < 1.29 is 24.2 Å². The van der Waals surface area contributed by atoms with Gasteiger partial charge in [-0.3, -0.25) is 0 Å². The SMILES string of the molecule is Cc1nc(C)c(-c2c(Cl)ccc3c(CCCOc4cc(C)c(Cl)c(C)c4)c(C(=O)O)n(C(C)CNC(=O)OC(C)(C)C)c23)c(C)n1. The fraction of sp³-hybridized carbons (Fsp3) is 0.429. The number of ether oxygens (including phenoxy) is 2. The van der Waals surface area contributed by atoms with Crippen LogP contribution < -0.4 is 10.1 Å². The maximum atomic E-state index is 13.1. The molecule has 0 aliphatic rings. The van der Waals surface area contributed by atoms with Crippen LogP contribution in [0, 0.1) is 34.6 Å². The van der Waals surface area contributed by atoms with Gasteiger partial charge in [0.1, 0.15) is 22.9 Å². The van der Waals surface area contributed by atoms with Crippen molar-refractivity contribution in [3.63, 3.8) is 0 Å². The lowest BCUT2D eigenvalue weighted by atomic mass is 9.97. The lowest BCUT2D eigenvalue weighted by molar-refractivity contribution is 0.0521. The molecule has 11 heteroatoms. The number of alkyl carbamates (subject to hydrolysis) is 1. The number of carbonyl (C=O) groups excluding carboxylic acids is 1. The van der Waals surface area contributed by atoms with Crippen molar-refractivity contribution in [1.82, 2.24) is 19.9 Å². The zero-order valence-electron chi connectivity index (χ0n) is 27.9. The summed E-state index contributed by atoms with van der Waals surface area (Å²) in [5.74, 6) is 0.253. The summed E-state index contributed by atoms with van der Waals surface area (Å²) in [6.07, 6.45) is 0.385. The Kier molecular flexibility index (Phi) is 10.6. The van der Waals surface area contributed by atoms with Crippen LogP contribution in [0.1, 0.15) is 84.5 Å². The minimum absolute atomic E-state index is 0.116. The third-order valence-electron chi connectivity index (χ3n) is 7.69. The van der Waals surface area contributed by atoms with Crippen LogP contribution in [0.5, 0.6) is 5.75 Å². The van der Waals surface area contributed by atoms with Crippen LogP contribution in [0.2, 0.25) is 10.0 Å². The first-order valence-corrected chi connectivity index (χ1v) is 16.0. The fourth-order valence-electron chi connectivity index (χ4n) is 5.92. The van der Waals surface area contributed by atoms with E-state index in [0.717, 1.165) is 33.5 Å². The first kappa shape index (κ1) is 35.0. The van der Waals surface area contributed by atoms with E-state index in [4.69, 9.17) is 32.7 Å². The number of aryl methyl sites for hydroxylation is 6. The van der Waals surface area contributed by atoms with Crippen molar-refractivity contribution in [2.75, 3.05) is 13.2 Å². The molecule has 1 atom stereocenters. The zero-order chi connectivity index (χ0) is 34.1. The highest BCUT2D eigenvalue weighted by molar-refractivity contribution is 6.35. The van der Waals surface area contributed by atoms with Gasteiger partial charge in [-0.2, -0.15) is 0 Å². The van der Waals surface area contributed by atoms with Gasteiger partial charge in [0.25, 0.3) is 0 Å². The van der Waals surface area contributed by atoms with E-state index in [1.54, 1.807) is 31.4 Å². The molecule has 0 saturated carbocycles. The molecule has 0 fully saturated rings. The van der Waals surface area contributed by atoms with E-state index in [0.29, 0.717) is 57.7 Å². The molecule has 2 heterocycles. The normalized spacial score (nSPS) is 12.3. The highest BCUT2D eigenvalue weighted by Crippen LogP contribution is 2.43. The Bertz CT molecular complexity index is 1760. The lowest BCUT2D eigenvalue weighted by Crippen LogP contribution is -2.35. The second-order valence-corrected chi connectivity index (χ2v) is 13.5. The number of rotatable bonds is 10. The second-order valence-electron chi connectivity index (χ2n) is 12.7. The van der Waals surface area contributed by atoms with Crippen molar-refractivity contribution in [2.45, 2.75) is 86.8 Å². The number of aromatic carboxylic acids is 1. The summed E-state index contributed by atoms with van der Waals surface area (Å²) < 4.78 is 13.3.